The van der Waals surface area contributed by atoms with Gasteiger partial charge in [-0.25, -0.2) is 4.79 Å². The number of hydrogen-bond donors (Lipinski definition) is 0. The molecule has 0 unspecified atom stereocenters. The van der Waals surface area contributed by atoms with E-state index in [-0.39, 0.29) is 6.61 Å². The zero-order valence-corrected chi connectivity index (χ0v) is 10.5. The van der Waals surface area contributed by atoms with Crippen molar-refractivity contribution in [1.29, 1.82) is 0 Å². The van der Waals surface area contributed by atoms with Gasteiger partial charge in [-0.05, 0) is 6.42 Å². The number of rotatable bonds is 11. The summed E-state index contributed by atoms with van der Waals surface area (Å²) in [6, 6.07) is 0. The molecule has 0 amide bonds. The smallest absolute Gasteiger partial charge is 0.440 e. The summed E-state index contributed by atoms with van der Waals surface area (Å²) in [5, 5.41) is 0. The van der Waals surface area contributed by atoms with Crippen LogP contribution in [0.2, 0.25) is 0 Å². The molecule has 0 fully saturated rings. The fraction of sp³-hybridized carbons (Fsp3) is 0.923. The molecule has 0 aromatic carbocycles. The monoisotopic (exact) mass is 232 g/mol. The van der Waals surface area contributed by atoms with E-state index in [2.05, 4.69) is 11.7 Å². The van der Waals surface area contributed by atoms with Gasteiger partial charge in [0.15, 0.2) is 0 Å². The van der Waals surface area contributed by atoms with Crippen molar-refractivity contribution in [2.24, 2.45) is 0 Å². The molecule has 0 aromatic heterocycles. The average Bonchev–Trinajstić information content (AvgIpc) is 2.25. The minimum atomic E-state index is -1.66. The second-order valence-electron chi connectivity index (χ2n) is 4.27. The van der Waals surface area contributed by atoms with Crippen molar-refractivity contribution in [2.75, 3.05) is 6.61 Å². The Morgan fingerprint density at radius 2 is 1.31 bits per heavy atom. The fourth-order valence-corrected chi connectivity index (χ4v) is 1.74. The van der Waals surface area contributed by atoms with Gasteiger partial charge in [0.05, 0.1) is 6.61 Å². The molecule has 0 aliphatic rings. The third kappa shape index (κ3) is 13.4. The van der Waals surface area contributed by atoms with Crippen LogP contribution in [0.3, 0.4) is 0 Å². The summed E-state index contributed by atoms with van der Waals surface area (Å²) in [5.41, 5.74) is 0. The fourth-order valence-electron chi connectivity index (χ4n) is 1.74. The number of carbonyl (C=O) groups is 1. The third-order valence-corrected chi connectivity index (χ3v) is 2.71. The highest BCUT2D eigenvalue weighted by Crippen LogP contribution is 2.10. The zero-order valence-electron chi connectivity index (χ0n) is 10.5. The Bertz CT molecular complexity index is 160. The maximum atomic E-state index is 11.6. The van der Waals surface area contributed by atoms with Crippen LogP contribution < -0.4 is 0 Å². The van der Waals surface area contributed by atoms with Gasteiger partial charge in [-0.3, -0.25) is 0 Å². The molecule has 0 radical (unpaired) electrons. The number of ether oxygens (including phenoxy) is 1. The first-order valence-corrected chi connectivity index (χ1v) is 6.59. The van der Waals surface area contributed by atoms with Gasteiger partial charge < -0.3 is 4.74 Å². The summed E-state index contributed by atoms with van der Waals surface area (Å²) in [5.74, 6) is 0. The highest BCUT2D eigenvalue weighted by atomic mass is 19.1. The van der Waals surface area contributed by atoms with E-state index >= 15 is 0 Å². The molecule has 0 aliphatic heterocycles. The molecule has 2 nitrogen and oxygen atoms in total. The van der Waals surface area contributed by atoms with Gasteiger partial charge in [0.25, 0.3) is 0 Å². The molecule has 0 saturated carbocycles. The van der Waals surface area contributed by atoms with E-state index in [1.165, 1.54) is 44.9 Å². The van der Waals surface area contributed by atoms with Gasteiger partial charge in [0, 0.05) is 0 Å². The Morgan fingerprint density at radius 1 is 0.875 bits per heavy atom. The highest BCUT2D eigenvalue weighted by molar-refractivity contribution is 5.57. The van der Waals surface area contributed by atoms with Crippen LogP contribution in [0.1, 0.15) is 71.1 Å². The number of hydrogen-bond acceptors (Lipinski definition) is 2. The van der Waals surface area contributed by atoms with E-state index in [1.807, 2.05) is 0 Å². The molecule has 0 bridgehead atoms. The molecule has 0 rings (SSSR count). The van der Waals surface area contributed by atoms with Crippen LogP contribution in [0.15, 0.2) is 0 Å². The van der Waals surface area contributed by atoms with Crippen molar-refractivity contribution in [3.05, 3.63) is 0 Å². The first-order chi connectivity index (χ1) is 7.77. The summed E-state index contributed by atoms with van der Waals surface area (Å²) >= 11 is 0. The minimum Gasteiger partial charge on any atom is -0.440 e. The van der Waals surface area contributed by atoms with Crippen molar-refractivity contribution in [3.8, 4) is 0 Å². The van der Waals surface area contributed by atoms with E-state index in [1.54, 1.807) is 0 Å². The lowest BCUT2D eigenvalue weighted by Gasteiger charge is -2.02. The van der Waals surface area contributed by atoms with Crippen LogP contribution in [0.25, 0.3) is 0 Å². The molecule has 0 heterocycles. The van der Waals surface area contributed by atoms with Crippen LogP contribution in [0, 0.1) is 0 Å². The molecule has 96 valence electrons. The minimum absolute atomic E-state index is 0.228. The van der Waals surface area contributed by atoms with Crippen molar-refractivity contribution in [3.63, 3.8) is 0 Å². The SMILES string of the molecule is CCCCCCCCCCCCOC(=O)F. The highest BCUT2D eigenvalue weighted by Gasteiger charge is 1.96. The second-order valence-corrected chi connectivity index (χ2v) is 4.27. The van der Waals surface area contributed by atoms with Crippen LogP contribution in [-0.4, -0.2) is 12.8 Å². The van der Waals surface area contributed by atoms with Gasteiger partial charge in [-0.15, -0.1) is 4.39 Å². The largest absolute Gasteiger partial charge is 0.495 e. The molecular formula is C13H25FO2. The maximum Gasteiger partial charge on any atom is 0.495 e. The summed E-state index contributed by atoms with van der Waals surface area (Å²) in [6.07, 6.45) is 10.6. The second kappa shape index (κ2) is 12.5. The summed E-state index contributed by atoms with van der Waals surface area (Å²) in [7, 11) is 0. The average molecular weight is 232 g/mol. The Morgan fingerprint density at radius 3 is 1.75 bits per heavy atom. The third-order valence-electron chi connectivity index (χ3n) is 2.71. The number of unbranched alkanes of at least 4 members (excludes halogenated alkanes) is 9. The summed E-state index contributed by atoms with van der Waals surface area (Å²) in [6.45, 7) is 2.45. The van der Waals surface area contributed by atoms with Crippen molar-refractivity contribution in [2.45, 2.75) is 71.1 Å². The van der Waals surface area contributed by atoms with E-state index in [0.717, 1.165) is 19.3 Å². The number of halogens is 1. The topological polar surface area (TPSA) is 26.3 Å². The van der Waals surface area contributed by atoms with Crippen LogP contribution in [-0.2, 0) is 4.74 Å². The van der Waals surface area contributed by atoms with E-state index in [0.29, 0.717) is 0 Å². The molecule has 0 atom stereocenters. The van der Waals surface area contributed by atoms with Gasteiger partial charge >= 0.3 is 6.22 Å². The zero-order chi connectivity index (χ0) is 12.1. The quantitative estimate of drug-likeness (QED) is 0.369. The first-order valence-electron chi connectivity index (χ1n) is 6.59. The molecule has 3 heteroatoms. The van der Waals surface area contributed by atoms with E-state index in [4.69, 9.17) is 0 Å². The van der Waals surface area contributed by atoms with Crippen molar-refractivity contribution in [1.82, 2.24) is 0 Å². The lowest BCUT2D eigenvalue weighted by molar-refractivity contribution is 0.119. The molecule has 0 spiro atoms. The summed E-state index contributed by atoms with van der Waals surface area (Å²) < 4.78 is 15.8. The van der Waals surface area contributed by atoms with E-state index in [9.17, 15) is 9.18 Å². The summed E-state index contributed by atoms with van der Waals surface area (Å²) in [4.78, 5) is 9.82. The van der Waals surface area contributed by atoms with E-state index < -0.39 is 6.22 Å². The van der Waals surface area contributed by atoms with Gasteiger partial charge in [0.1, 0.15) is 0 Å². The Labute approximate surface area is 98.6 Å². The van der Waals surface area contributed by atoms with Crippen LogP contribution in [0.4, 0.5) is 9.18 Å². The molecule has 0 N–H and O–H groups in total. The first kappa shape index (κ1) is 15.4. The predicted molar refractivity (Wildman–Crippen MR) is 64.3 cm³/mol. The lowest BCUT2D eigenvalue weighted by atomic mass is 10.1. The van der Waals surface area contributed by atoms with Crippen LogP contribution >= 0.6 is 0 Å². The van der Waals surface area contributed by atoms with Gasteiger partial charge in [-0.1, -0.05) is 64.7 Å². The molecule has 0 aromatic rings. The van der Waals surface area contributed by atoms with Crippen LogP contribution in [0.5, 0.6) is 0 Å². The van der Waals surface area contributed by atoms with Crippen molar-refractivity contribution < 1.29 is 13.9 Å². The number of carbonyl (C=O) groups excluding carboxylic acids is 1. The van der Waals surface area contributed by atoms with Gasteiger partial charge in [0.2, 0.25) is 0 Å². The Kier molecular flexibility index (Phi) is 12.0. The maximum absolute atomic E-state index is 11.6. The molecule has 0 aliphatic carbocycles. The molecule has 0 saturated heterocycles. The normalized spacial score (nSPS) is 10.4. The van der Waals surface area contributed by atoms with Gasteiger partial charge in [-0.2, -0.15) is 0 Å². The Hall–Kier alpha value is -0.600. The standard InChI is InChI=1S/C13H25FO2/c1-2-3-4-5-6-7-8-9-10-11-12-16-13(14)15/h2-12H2,1H3. The Balaban J connectivity index is 2.90. The molecular weight excluding hydrogens is 207 g/mol. The van der Waals surface area contributed by atoms with Crippen molar-refractivity contribution >= 4 is 6.22 Å². The predicted octanol–water partition coefficient (Wildman–Crippen LogP) is 5.01. The molecule has 16 heavy (non-hydrogen) atoms. The lowest BCUT2D eigenvalue weighted by Crippen LogP contribution is -1.96.